The molecule has 0 aromatic heterocycles. The normalized spacial score (nSPS) is 41.7. The molecular weight excluding hydrogens is 122 g/mol. The minimum atomic E-state index is 0.781. The average molecular weight is 141 g/mol. The summed E-state index contributed by atoms with van der Waals surface area (Å²) in [5.74, 6) is 1.80. The van der Waals surface area contributed by atoms with Gasteiger partial charge in [-0.3, -0.25) is 0 Å². The lowest BCUT2D eigenvalue weighted by Crippen LogP contribution is -2.38. The molecule has 0 heterocycles. The molecule has 1 saturated carbocycles. The fraction of sp³-hybridized carbons (Fsp3) is 1.00. The van der Waals surface area contributed by atoms with Gasteiger partial charge in [-0.25, -0.2) is 0 Å². The molecule has 0 aromatic carbocycles. The maximum atomic E-state index is 3.38. The number of hydrogen-bond acceptors (Lipinski definition) is 1. The summed E-state index contributed by atoms with van der Waals surface area (Å²) in [6.45, 7) is 4.74. The Labute approximate surface area is 64.2 Å². The molecule has 0 unspecified atom stereocenters. The third-order valence-electron chi connectivity index (χ3n) is 3.08. The summed E-state index contributed by atoms with van der Waals surface area (Å²) in [5.41, 5.74) is 0. The Balaban J connectivity index is 2.42. The molecule has 60 valence electrons. The van der Waals surface area contributed by atoms with E-state index in [0.29, 0.717) is 0 Å². The Morgan fingerprint density at radius 3 is 2.40 bits per heavy atom. The topological polar surface area (TPSA) is 12.0 Å². The van der Waals surface area contributed by atoms with Crippen LogP contribution in [0.1, 0.15) is 33.1 Å². The second-order valence-electron chi connectivity index (χ2n) is 3.66. The van der Waals surface area contributed by atoms with Gasteiger partial charge in [-0.15, -0.1) is 0 Å². The molecule has 1 aliphatic carbocycles. The van der Waals surface area contributed by atoms with Crippen LogP contribution in [-0.4, -0.2) is 13.1 Å². The van der Waals surface area contributed by atoms with Crippen LogP contribution in [0.2, 0.25) is 0 Å². The molecule has 0 saturated heterocycles. The van der Waals surface area contributed by atoms with Crippen LogP contribution in [0.25, 0.3) is 0 Å². The van der Waals surface area contributed by atoms with Crippen LogP contribution in [0.4, 0.5) is 0 Å². The molecule has 1 N–H and O–H groups in total. The second-order valence-corrected chi connectivity index (χ2v) is 3.66. The van der Waals surface area contributed by atoms with Crippen LogP contribution in [0.5, 0.6) is 0 Å². The number of nitrogens with one attached hydrogen (secondary N) is 1. The zero-order chi connectivity index (χ0) is 7.56. The molecule has 0 spiro atoms. The Kier molecular flexibility index (Phi) is 2.72. The molecule has 1 rings (SSSR count). The van der Waals surface area contributed by atoms with Crippen LogP contribution in [-0.2, 0) is 0 Å². The fourth-order valence-corrected chi connectivity index (χ4v) is 1.99. The van der Waals surface area contributed by atoms with E-state index in [1.165, 1.54) is 19.3 Å². The van der Waals surface area contributed by atoms with Crippen molar-refractivity contribution in [3.05, 3.63) is 0 Å². The highest BCUT2D eigenvalue weighted by atomic mass is 14.9. The van der Waals surface area contributed by atoms with Gasteiger partial charge in [-0.1, -0.05) is 26.7 Å². The summed E-state index contributed by atoms with van der Waals surface area (Å²) in [6, 6.07) is 0.781. The molecule has 10 heavy (non-hydrogen) atoms. The van der Waals surface area contributed by atoms with Crippen LogP contribution in [0.15, 0.2) is 0 Å². The second kappa shape index (κ2) is 3.38. The van der Waals surface area contributed by atoms with Crippen LogP contribution in [0.3, 0.4) is 0 Å². The van der Waals surface area contributed by atoms with E-state index in [9.17, 15) is 0 Å². The van der Waals surface area contributed by atoms with E-state index in [1.807, 2.05) is 0 Å². The lowest BCUT2D eigenvalue weighted by molar-refractivity contribution is 0.215. The van der Waals surface area contributed by atoms with Crippen molar-refractivity contribution in [2.24, 2.45) is 11.8 Å². The van der Waals surface area contributed by atoms with Crippen molar-refractivity contribution in [2.45, 2.75) is 39.2 Å². The zero-order valence-electron chi connectivity index (χ0n) is 7.35. The highest BCUT2D eigenvalue weighted by Gasteiger charge is 2.25. The lowest BCUT2D eigenvalue weighted by Gasteiger charge is -2.33. The van der Waals surface area contributed by atoms with Gasteiger partial charge >= 0.3 is 0 Å². The molecule has 0 bridgehead atoms. The summed E-state index contributed by atoms with van der Waals surface area (Å²) >= 11 is 0. The highest BCUT2D eigenvalue weighted by molar-refractivity contribution is 4.80. The quantitative estimate of drug-likeness (QED) is 0.589. The van der Waals surface area contributed by atoms with E-state index in [-0.39, 0.29) is 0 Å². The Bertz CT molecular complexity index is 101. The summed E-state index contributed by atoms with van der Waals surface area (Å²) in [5, 5.41) is 3.38. The van der Waals surface area contributed by atoms with Crippen molar-refractivity contribution in [2.75, 3.05) is 7.05 Å². The van der Waals surface area contributed by atoms with Crippen molar-refractivity contribution >= 4 is 0 Å². The first-order chi connectivity index (χ1) is 4.75. The van der Waals surface area contributed by atoms with Crippen molar-refractivity contribution < 1.29 is 0 Å². The molecule has 1 heteroatoms. The molecule has 0 radical (unpaired) electrons. The molecule has 1 fully saturated rings. The first-order valence-electron chi connectivity index (χ1n) is 4.43. The van der Waals surface area contributed by atoms with Crippen LogP contribution < -0.4 is 5.32 Å². The van der Waals surface area contributed by atoms with Gasteiger partial charge in [-0.05, 0) is 25.3 Å². The molecule has 0 aromatic rings. The van der Waals surface area contributed by atoms with E-state index in [4.69, 9.17) is 0 Å². The average Bonchev–Trinajstić information content (AvgIpc) is 1.95. The van der Waals surface area contributed by atoms with E-state index in [1.54, 1.807) is 0 Å². The first kappa shape index (κ1) is 8.06. The van der Waals surface area contributed by atoms with Gasteiger partial charge in [0, 0.05) is 6.04 Å². The van der Waals surface area contributed by atoms with Crippen molar-refractivity contribution in [1.29, 1.82) is 0 Å². The highest BCUT2D eigenvalue weighted by Crippen LogP contribution is 2.28. The van der Waals surface area contributed by atoms with Crippen molar-refractivity contribution in [1.82, 2.24) is 5.32 Å². The summed E-state index contributed by atoms with van der Waals surface area (Å²) in [6.07, 6.45) is 4.22. The predicted molar refractivity (Wildman–Crippen MR) is 45.0 cm³/mol. The van der Waals surface area contributed by atoms with Gasteiger partial charge in [0.2, 0.25) is 0 Å². The smallest absolute Gasteiger partial charge is 0.00922 e. The Morgan fingerprint density at radius 2 is 1.90 bits per heavy atom. The molecule has 3 atom stereocenters. The van der Waals surface area contributed by atoms with Crippen molar-refractivity contribution in [3.63, 3.8) is 0 Å². The standard InChI is InChI=1S/C9H19N/c1-7-5-4-6-9(10-3)8(7)2/h7-10H,4-6H2,1-3H3/t7-,8+,9+/m1/s1. The molecule has 1 nitrogen and oxygen atoms in total. The molecule has 1 aliphatic rings. The fourth-order valence-electron chi connectivity index (χ4n) is 1.99. The van der Waals surface area contributed by atoms with Gasteiger partial charge in [0.15, 0.2) is 0 Å². The van der Waals surface area contributed by atoms with Crippen molar-refractivity contribution in [3.8, 4) is 0 Å². The minimum absolute atomic E-state index is 0.781. The molecular formula is C9H19N. The minimum Gasteiger partial charge on any atom is -0.317 e. The number of rotatable bonds is 1. The summed E-state index contributed by atoms with van der Waals surface area (Å²) in [7, 11) is 2.08. The molecule has 0 amide bonds. The number of hydrogen-bond donors (Lipinski definition) is 1. The van der Waals surface area contributed by atoms with Gasteiger partial charge in [0.1, 0.15) is 0 Å². The summed E-state index contributed by atoms with van der Waals surface area (Å²) in [4.78, 5) is 0. The van der Waals surface area contributed by atoms with Crippen LogP contribution >= 0.6 is 0 Å². The van der Waals surface area contributed by atoms with E-state index in [0.717, 1.165) is 17.9 Å². The van der Waals surface area contributed by atoms with Gasteiger partial charge in [0.25, 0.3) is 0 Å². The predicted octanol–water partition coefficient (Wildman–Crippen LogP) is 2.03. The SMILES string of the molecule is CN[C@H]1CCC[C@@H](C)[C@@H]1C. The summed E-state index contributed by atoms with van der Waals surface area (Å²) < 4.78 is 0. The van der Waals surface area contributed by atoms with Gasteiger partial charge in [0.05, 0.1) is 0 Å². The van der Waals surface area contributed by atoms with E-state index < -0.39 is 0 Å². The van der Waals surface area contributed by atoms with E-state index in [2.05, 4.69) is 26.2 Å². The molecule has 0 aliphatic heterocycles. The maximum absolute atomic E-state index is 3.38. The Morgan fingerprint density at radius 1 is 1.20 bits per heavy atom. The third-order valence-corrected chi connectivity index (χ3v) is 3.08. The Hall–Kier alpha value is -0.0400. The lowest BCUT2D eigenvalue weighted by atomic mass is 9.78. The zero-order valence-corrected chi connectivity index (χ0v) is 7.35. The van der Waals surface area contributed by atoms with Crippen LogP contribution in [0, 0.1) is 11.8 Å². The largest absolute Gasteiger partial charge is 0.317 e. The first-order valence-corrected chi connectivity index (χ1v) is 4.43. The third kappa shape index (κ3) is 1.51. The van der Waals surface area contributed by atoms with Gasteiger partial charge in [-0.2, -0.15) is 0 Å². The van der Waals surface area contributed by atoms with Gasteiger partial charge < -0.3 is 5.32 Å². The van der Waals surface area contributed by atoms with E-state index >= 15 is 0 Å². The maximum Gasteiger partial charge on any atom is 0.00922 e. The monoisotopic (exact) mass is 141 g/mol.